The number of hydrogen-bond donors (Lipinski definition) is 1. The van der Waals surface area contributed by atoms with Crippen LogP contribution < -0.4 is 5.32 Å². The van der Waals surface area contributed by atoms with Crippen molar-refractivity contribution in [3.63, 3.8) is 0 Å². The molecular weight excluding hydrogens is 352 g/mol. The van der Waals surface area contributed by atoms with E-state index in [9.17, 15) is 4.79 Å². The SMILES string of the molecule is O=C(c1cccc(Br)c1Cl)N(CC1CCCCN1)C1CC1. The Labute approximate surface area is 139 Å². The van der Waals surface area contributed by atoms with Crippen molar-refractivity contribution in [1.29, 1.82) is 0 Å². The van der Waals surface area contributed by atoms with Gasteiger partial charge in [-0.15, -0.1) is 0 Å². The van der Waals surface area contributed by atoms with Crippen LogP contribution in [0.4, 0.5) is 0 Å². The molecule has 1 N–H and O–H groups in total. The van der Waals surface area contributed by atoms with Crippen molar-refractivity contribution >= 4 is 33.4 Å². The monoisotopic (exact) mass is 370 g/mol. The molecular formula is C16H20BrClN2O. The lowest BCUT2D eigenvalue weighted by molar-refractivity contribution is 0.0718. The first kappa shape index (κ1) is 15.3. The van der Waals surface area contributed by atoms with Crippen LogP contribution in [0.2, 0.25) is 5.02 Å². The quantitative estimate of drug-likeness (QED) is 0.872. The fraction of sp³-hybridized carbons (Fsp3) is 0.562. The molecule has 1 aliphatic heterocycles. The Morgan fingerprint density at radius 1 is 1.33 bits per heavy atom. The highest BCUT2D eigenvalue weighted by molar-refractivity contribution is 9.10. The van der Waals surface area contributed by atoms with Gasteiger partial charge in [0, 0.05) is 23.1 Å². The number of piperidine rings is 1. The van der Waals surface area contributed by atoms with Crippen molar-refractivity contribution < 1.29 is 4.79 Å². The Hall–Kier alpha value is -0.580. The van der Waals surface area contributed by atoms with Gasteiger partial charge in [-0.25, -0.2) is 0 Å². The molecule has 1 aliphatic carbocycles. The molecule has 1 saturated carbocycles. The summed E-state index contributed by atoms with van der Waals surface area (Å²) in [6.45, 7) is 1.86. The van der Waals surface area contributed by atoms with Gasteiger partial charge in [0.25, 0.3) is 5.91 Å². The molecule has 5 heteroatoms. The van der Waals surface area contributed by atoms with E-state index in [1.165, 1.54) is 12.8 Å². The summed E-state index contributed by atoms with van der Waals surface area (Å²) in [7, 11) is 0. The van der Waals surface area contributed by atoms with Crippen molar-refractivity contribution in [3.8, 4) is 0 Å². The Morgan fingerprint density at radius 2 is 2.14 bits per heavy atom. The van der Waals surface area contributed by atoms with Crippen molar-refractivity contribution in [2.75, 3.05) is 13.1 Å². The van der Waals surface area contributed by atoms with Crippen molar-refractivity contribution in [1.82, 2.24) is 10.2 Å². The zero-order chi connectivity index (χ0) is 14.8. The Bertz CT molecular complexity index is 527. The smallest absolute Gasteiger partial charge is 0.255 e. The number of halogens is 2. The molecule has 2 fully saturated rings. The van der Waals surface area contributed by atoms with E-state index in [1.807, 2.05) is 23.1 Å². The zero-order valence-corrected chi connectivity index (χ0v) is 14.3. The number of amides is 1. The van der Waals surface area contributed by atoms with Gasteiger partial charge in [0.15, 0.2) is 0 Å². The molecule has 1 heterocycles. The van der Waals surface area contributed by atoms with Gasteiger partial charge in [0.1, 0.15) is 0 Å². The number of hydrogen-bond acceptors (Lipinski definition) is 2. The minimum atomic E-state index is 0.0659. The first-order chi connectivity index (χ1) is 10.2. The van der Waals surface area contributed by atoms with Crippen molar-refractivity contribution in [3.05, 3.63) is 33.3 Å². The molecule has 1 atom stereocenters. The Kier molecular flexibility index (Phi) is 4.87. The molecule has 1 aromatic carbocycles. The second-order valence-electron chi connectivity index (χ2n) is 5.94. The second-order valence-corrected chi connectivity index (χ2v) is 7.17. The maximum atomic E-state index is 12.9. The average molecular weight is 372 g/mol. The molecule has 1 unspecified atom stereocenters. The largest absolute Gasteiger partial charge is 0.334 e. The number of nitrogens with one attached hydrogen (secondary N) is 1. The van der Waals surface area contributed by atoms with Crippen molar-refractivity contribution in [2.24, 2.45) is 0 Å². The third-order valence-electron chi connectivity index (χ3n) is 4.26. The average Bonchev–Trinajstić information content (AvgIpc) is 3.33. The molecule has 1 saturated heterocycles. The normalized spacial score (nSPS) is 22.1. The molecule has 0 spiro atoms. The summed E-state index contributed by atoms with van der Waals surface area (Å²) in [5.41, 5.74) is 0.605. The number of benzene rings is 1. The minimum absolute atomic E-state index is 0.0659. The van der Waals surface area contributed by atoms with Crippen LogP contribution >= 0.6 is 27.5 Å². The van der Waals surface area contributed by atoms with Gasteiger partial charge in [-0.05, 0) is 60.3 Å². The van der Waals surface area contributed by atoms with E-state index < -0.39 is 0 Å². The highest BCUT2D eigenvalue weighted by atomic mass is 79.9. The summed E-state index contributed by atoms with van der Waals surface area (Å²) in [5, 5.41) is 4.05. The van der Waals surface area contributed by atoms with Gasteiger partial charge >= 0.3 is 0 Å². The van der Waals surface area contributed by atoms with Crippen LogP contribution in [0.25, 0.3) is 0 Å². The van der Waals surface area contributed by atoms with E-state index in [4.69, 9.17) is 11.6 Å². The van der Waals surface area contributed by atoms with Gasteiger partial charge in [0.05, 0.1) is 10.6 Å². The Morgan fingerprint density at radius 3 is 2.81 bits per heavy atom. The lowest BCUT2D eigenvalue weighted by Gasteiger charge is -2.31. The van der Waals surface area contributed by atoms with Gasteiger partial charge in [-0.2, -0.15) is 0 Å². The van der Waals surface area contributed by atoms with Crippen LogP contribution in [0.3, 0.4) is 0 Å². The highest BCUT2D eigenvalue weighted by Crippen LogP contribution is 2.32. The standard InChI is InChI=1S/C16H20BrClN2O/c17-14-6-3-5-13(15(14)18)16(21)20(12-7-8-12)10-11-4-1-2-9-19-11/h3,5-6,11-12,19H,1-2,4,7-10H2. The van der Waals surface area contributed by atoms with Crippen LogP contribution in [-0.4, -0.2) is 36.0 Å². The van der Waals surface area contributed by atoms with E-state index in [1.54, 1.807) is 0 Å². The minimum Gasteiger partial charge on any atom is -0.334 e. The summed E-state index contributed by atoms with van der Waals surface area (Å²) in [4.78, 5) is 14.9. The molecule has 1 aromatic rings. The maximum absolute atomic E-state index is 12.9. The van der Waals surface area contributed by atoms with E-state index in [2.05, 4.69) is 21.2 Å². The first-order valence-corrected chi connectivity index (χ1v) is 8.82. The summed E-state index contributed by atoms with van der Waals surface area (Å²) in [5.74, 6) is 0.0659. The molecule has 0 bridgehead atoms. The molecule has 0 aromatic heterocycles. The Balaban J connectivity index is 1.76. The molecule has 3 rings (SSSR count). The van der Waals surface area contributed by atoms with Crippen LogP contribution in [0.5, 0.6) is 0 Å². The van der Waals surface area contributed by atoms with E-state index in [-0.39, 0.29) is 5.91 Å². The van der Waals surface area contributed by atoms with Crippen LogP contribution in [0.1, 0.15) is 42.5 Å². The van der Waals surface area contributed by atoms with E-state index >= 15 is 0 Å². The van der Waals surface area contributed by atoms with Crippen LogP contribution in [0.15, 0.2) is 22.7 Å². The summed E-state index contributed by atoms with van der Waals surface area (Å²) < 4.78 is 0.779. The number of carbonyl (C=O) groups excluding carboxylic acids is 1. The first-order valence-electron chi connectivity index (χ1n) is 7.65. The second kappa shape index (κ2) is 6.67. The van der Waals surface area contributed by atoms with Gasteiger partial charge in [0.2, 0.25) is 0 Å². The third kappa shape index (κ3) is 3.61. The number of carbonyl (C=O) groups is 1. The van der Waals surface area contributed by atoms with Gasteiger partial charge < -0.3 is 10.2 Å². The zero-order valence-electron chi connectivity index (χ0n) is 11.9. The fourth-order valence-corrected chi connectivity index (χ4v) is 3.50. The number of nitrogens with zero attached hydrogens (tertiary/aromatic N) is 1. The molecule has 1 amide bonds. The molecule has 0 radical (unpaired) electrons. The summed E-state index contributed by atoms with van der Waals surface area (Å²) in [6, 6.07) is 6.38. The lowest BCUT2D eigenvalue weighted by atomic mass is 10.0. The lowest BCUT2D eigenvalue weighted by Crippen LogP contribution is -2.46. The molecule has 114 valence electrons. The molecule has 2 aliphatic rings. The summed E-state index contributed by atoms with van der Waals surface area (Å²) >= 11 is 9.69. The van der Waals surface area contributed by atoms with Gasteiger partial charge in [-0.1, -0.05) is 24.1 Å². The predicted molar refractivity (Wildman–Crippen MR) is 88.9 cm³/mol. The van der Waals surface area contributed by atoms with Crippen LogP contribution in [0, 0.1) is 0 Å². The molecule has 21 heavy (non-hydrogen) atoms. The maximum Gasteiger partial charge on any atom is 0.255 e. The van der Waals surface area contributed by atoms with E-state index in [0.717, 1.165) is 36.8 Å². The predicted octanol–water partition coefficient (Wildman–Crippen LogP) is 3.85. The summed E-state index contributed by atoms with van der Waals surface area (Å²) in [6.07, 6.45) is 5.88. The highest BCUT2D eigenvalue weighted by Gasteiger charge is 2.35. The van der Waals surface area contributed by atoms with Crippen LogP contribution in [-0.2, 0) is 0 Å². The number of rotatable bonds is 4. The van der Waals surface area contributed by atoms with Gasteiger partial charge in [-0.3, -0.25) is 4.79 Å². The van der Waals surface area contributed by atoms with E-state index in [0.29, 0.717) is 22.7 Å². The topological polar surface area (TPSA) is 32.3 Å². The fourth-order valence-electron chi connectivity index (χ4n) is 2.92. The molecule has 3 nitrogen and oxygen atoms in total. The van der Waals surface area contributed by atoms with Crippen molar-refractivity contribution in [2.45, 2.75) is 44.2 Å². The third-order valence-corrected chi connectivity index (χ3v) is 5.56.